The number of benzene rings is 2. The molecule has 0 aliphatic carbocycles. The highest BCUT2D eigenvalue weighted by molar-refractivity contribution is 5.94. The molecule has 0 spiro atoms. The van der Waals surface area contributed by atoms with Crippen molar-refractivity contribution < 1.29 is 9.53 Å². The van der Waals surface area contributed by atoms with Gasteiger partial charge in [-0.05, 0) is 81.9 Å². The van der Waals surface area contributed by atoms with Crippen LogP contribution in [-0.2, 0) is 24.1 Å². The maximum atomic E-state index is 12.4. The lowest BCUT2D eigenvalue weighted by Gasteiger charge is -2.22. The highest BCUT2D eigenvalue weighted by Gasteiger charge is 2.20. The zero-order valence-corrected chi connectivity index (χ0v) is 25.8. The van der Waals surface area contributed by atoms with E-state index in [1.54, 1.807) is 0 Å². The summed E-state index contributed by atoms with van der Waals surface area (Å²) in [5.41, 5.74) is 19.7. The summed E-state index contributed by atoms with van der Waals surface area (Å²) >= 11 is 0. The van der Waals surface area contributed by atoms with Crippen LogP contribution in [0.15, 0.2) is 48.5 Å². The molecule has 0 bridgehead atoms. The van der Waals surface area contributed by atoms with E-state index in [4.69, 9.17) is 21.2 Å². The van der Waals surface area contributed by atoms with Crippen LogP contribution in [0.5, 0.6) is 0 Å². The first-order chi connectivity index (χ1) is 20.2. The second-order valence-electron chi connectivity index (χ2n) is 11.4. The van der Waals surface area contributed by atoms with E-state index in [9.17, 15) is 4.79 Å². The third-order valence-electron chi connectivity index (χ3n) is 7.93. The van der Waals surface area contributed by atoms with Gasteiger partial charge in [-0.25, -0.2) is 9.97 Å². The quantitative estimate of drug-likeness (QED) is 0.176. The summed E-state index contributed by atoms with van der Waals surface area (Å²) in [6.45, 7) is 8.53. The zero-order chi connectivity index (χ0) is 30.2. The highest BCUT2D eigenvalue weighted by atomic mass is 16.5. The van der Waals surface area contributed by atoms with Crippen LogP contribution in [0, 0.1) is 13.8 Å². The Hall–Kier alpha value is -3.75. The Labute approximate surface area is 250 Å². The number of fused-ring (bicyclic) bond motifs is 1. The summed E-state index contributed by atoms with van der Waals surface area (Å²) in [4.78, 5) is 23.9. The van der Waals surface area contributed by atoms with Gasteiger partial charge in [0.1, 0.15) is 17.4 Å². The molecule has 0 radical (unpaired) electrons. The van der Waals surface area contributed by atoms with Gasteiger partial charge in [-0.2, -0.15) is 0 Å². The summed E-state index contributed by atoms with van der Waals surface area (Å²) in [7, 11) is 4.07. The van der Waals surface area contributed by atoms with Crippen molar-refractivity contribution in [3.8, 4) is 0 Å². The van der Waals surface area contributed by atoms with Crippen LogP contribution in [0.25, 0.3) is 11.0 Å². The second kappa shape index (κ2) is 14.4. The summed E-state index contributed by atoms with van der Waals surface area (Å²) in [5.74, 6) is 1.15. The van der Waals surface area contributed by atoms with E-state index in [-0.39, 0.29) is 6.10 Å². The standard InChI is InChI=1S/C34H46N6O2/c1-6-7-16-29-38-30-31(23(2)24(3)37-33(30)35)40(29)19-12-11-15-26-22-27(17-18-28(26)34(36)41)32(42-21-20-39(4)5)25-13-9-8-10-14-25/h8-10,13-14,17-18,22,32H,6-7,11-12,15-16,19-21H2,1-5H3,(H2,35,37)(H2,36,41). The van der Waals surface area contributed by atoms with E-state index in [0.29, 0.717) is 18.0 Å². The lowest BCUT2D eigenvalue weighted by molar-refractivity contribution is 0.0686. The molecule has 1 atom stereocenters. The van der Waals surface area contributed by atoms with Crippen LogP contribution >= 0.6 is 0 Å². The third-order valence-corrected chi connectivity index (χ3v) is 7.93. The fourth-order valence-corrected chi connectivity index (χ4v) is 5.49. The molecule has 2 heterocycles. The summed E-state index contributed by atoms with van der Waals surface area (Å²) in [5, 5.41) is 0. The number of pyridine rings is 1. The van der Waals surface area contributed by atoms with Crippen LogP contribution in [0.4, 0.5) is 5.82 Å². The normalized spacial score (nSPS) is 12.3. The monoisotopic (exact) mass is 570 g/mol. The Morgan fingerprint density at radius 1 is 1.00 bits per heavy atom. The molecule has 0 aliphatic rings. The first-order valence-corrected chi connectivity index (χ1v) is 15.1. The average Bonchev–Trinajstić information content (AvgIpc) is 3.34. The highest BCUT2D eigenvalue weighted by Crippen LogP contribution is 2.30. The number of anilines is 1. The first-order valence-electron chi connectivity index (χ1n) is 15.1. The van der Waals surface area contributed by atoms with Crippen molar-refractivity contribution in [2.45, 2.75) is 71.9 Å². The molecule has 224 valence electrons. The van der Waals surface area contributed by atoms with Gasteiger partial charge in [0.15, 0.2) is 5.82 Å². The molecule has 0 saturated carbocycles. The van der Waals surface area contributed by atoms with Crippen molar-refractivity contribution in [1.29, 1.82) is 0 Å². The molecule has 4 rings (SSSR count). The number of hydrogen-bond acceptors (Lipinski definition) is 6. The summed E-state index contributed by atoms with van der Waals surface area (Å²) in [6, 6.07) is 16.2. The van der Waals surface area contributed by atoms with Crippen LogP contribution in [0.2, 0.25) is 0 Å². The SMILES string of the molecule is CCCCc1nc2c(N)nc(C)c(C)c2n1CCCCc1cc(C(OCCN(C)C)c2ccccc2)ccc1C(N)=O. The molecule has 0 aliphatic heterocycles. The van der Waals surface area contributed by atoms with E-state index in [1.165, 1.54) is 0 Å². The largest absolute Gasteiger partial charge is 0.382 e. The molecule has 8 nitrogen and oxygen atoms in total. The molecular formula is C34H46N6O2. The second-order valence-corrected chi connectivity index (χ2v) is 11.4. The van der Waals surface area contributed by atoms with Gasteiger partial charge in [-0.15, -0.1) is 0 Å². The maximum Gasteiger partial charge on any atom is 0.248 e. The number of aromatic nitrogens is 3. The van der Waals surface area contributed by atoms with Gasteiger partial charge in [0.25, 0.3) is 0 Å². The number of amides is 1. The number of imidazole rings is 1. The minimum absolute atomic E-state index is 0.226. The Kier molecular flexibility index (Phi) is 10.7. The van der Waals surface area contributed by atoms with E-state index >= 15 is 0 Å². The third kappa shape index (κ3) is 7.36. The van der Waals surface area contributed by atoms with E-state index in [1.807, 2.05) is 51.4 Å². The number of nitrogens with zero attached hydrogens (tertiary/aromatic N) is 4. The number of carbonyl (C=O) groups is 1. The Balaban J connectivity index is 1.56. The molecule has 42 heavy (non-hydrogen) atoms. The summed E-state index contributed by atoms with van der Waals surface area (Å²) in [6.07, 6.45) is 5.42. The van der Waals surface area contributed by atoms with Gasteiger partial charge in [0.2, 0.25) is 5.91 Å². The lowest BCUT2D eigenvalue weighted by Crippen LogP contribution is -2.20. The van der Waals surface area contributed by atoms with Gasteiger partial charge >= 0.3 is 0 Å². The van der Waals surface area contributed by atoms with Crippen LogP contribution in [-0.4, -0.2) is 52.6 Å². The van der Waals surface area contributed by atoms with E-state index in [0.717, 1.165) is 96.4 Å². The maximum absolute atomic E-state index is 12.4. The number of nitrogens with two attached hydrogens (primary N) is 2. The number of rotatable bonds is 15. The van der Waals surface area contributed by atoms with Gasteiger partial charge in [-0.1, -0.05) is 55.8 Å². The molecule has 2 aromatic carbocycles. The number of likely N-dealkylation sites (N-methyl/N-ethyl adjacent to an activating group) is 1. The molecule has 8 heteroatoms. The first kappa shape index (κ1) is 31.2. The van der Waals surface area contributed by atoms with E-state index < -0.39 is 5.91 Å². The summed E-state index contributed by atoms with van der Waals surface area (Å²) < 4.78 is 8.72. The number of nitrogen functional groups attached to an aromatic ring is 1. The minimum atomic E-state index is -0.405. The number of hydrogen-bond donors (Lipinski definition) is 2. The van der Waals surface area contributed by atoms with Crippen molar-refractivity contribution in [1.82, 2.24) is 19.4 Å². The van der Waals surface area contributed by atoms with Crippen molar-refractivity contribution in [2.24, 2.45) is 5.73 Å². The molecular weight excluding hydrogens is 524 g/mol. The fraction of sp³-hybridized carbons (Fsp3) is 0.441. The number of unbranched alkanes of at least 4 members (excludes halogenated alkanes) is 2. The predicted octanol–water partition coefficient (Wildman–Crippen LogP) is 5.76. The number of carbonyl (C=O) groups excluding carboxylic acids is 1. The Morgan fingerprint density at radius 3 is 2.45 bits per heavy atom. The van der Waals surface area contributed by atoms with Gasteiger partial charge < -0.3 is 25.7 Å². The lowest BCUT2D eigenvalue weighted by atomic mass is 9.94. The molecule has 4 aromatic rings. The van der Waals surface area contributed by atoms with Crippen molar-refractivity contribution >= 4 is 22.8 Å². The van der Waals surface area contributed by atoms with Crippen LogP contribution < -0.4 is 11.5 Å². The number of ether oxygens (including phenoxy) is 1. The number of aryl methyl sites for hydroxylation is 5. The van der Waals surface area contributed by atoms with Gasteiger partial charge in [-0.3, -0.25) is 4.79 Å². The van der Waals surface area contributed by atoms with E-state index in [2.05, 4.69) is 46.5 Å². The fourth-order valence-electron chi connectivity index (χ4n) is 5.49. The molecule has 1 unspecified atom stereocenters. The zero-order valence-electron chi connectivity index (χ0n) is 25.8. The van der Waals surface area contributed by atoms with Gasteiger partial charge in [0.05, 0.1) is 12.1 Å². The molecule has 0 saturated heterocycles. The molecule has 0 fully saturated rings. The average molecular weight is 571 g/mol. The topological polar surface area (TPSA) is 112 Å². The molecule has 1 amide bonds. The smallest absolute Gasteiger partial charge is 0.248 e. The number of primary amides is 1. The van der Waals surface area contributed by atoms with Crippen LogP contribution in [0.3, 0.4) is 0 Å². The Bertz CT molecular complexity index is 1500. The minimum Gasteiger partial charge on any atom is -0.382 e. The van der Waals surface area contributed by atoms with Crippen molar-refractivity contribution in [3.63, 3.8) is 0 Å². The molecule has 4 N–H and O–H groups in total. The van der Waals surface area contributed by atoms with Gasteiger partial charge in [0, 0.05) is 30.8 Å². The van der Waals surface area contributed by atoms with Crippen LogP contribution in [0.1, 0.15) is 82.8 Å². The Morgan fingerprint density at radius 2 is 1.76 bits per heavy atom. The van der Waals surface area contributed by atoms with Crippen molar-refractivity contribution in [2.75, 3.05) is 33.0 Å². The van der Waals surface area contributed by atoms with Crippen molar-refractivity contribution in [3.05, 3.63) is 87.9 Å². The predicted molar refractivity (Wildman–Crippen MR) is 171 cm³/mol. The molecule has 2 aromatic heterocycles.